The molecule has 0 unspecified atom stereocenters. The third-order valence-electron chi connectivity index (χ3n) is 4.64. The van der Waals surface area contributed by atoms with Gasteiger partial charge in [-0.3, -0.25) is 23.6 Å². The number of carbonyl (C=O) groups is 3. The van der Waals surface area contributed by atoms with E-state index < -0.39 is 18.4 Å². The van der Waals surface area contributed by atoms with Crippen LogP contribution in [0.5, 0.6) is 0 Å². The van der Waals surface area contributed by atoms with Crippen LogP contribution in [0.3, 0.4) is 0 Å². The van der Waals surface area contributed by atoms with Gasteiger partial charge in [-0.05, 0) is 17.7 Å². The second kappa shape index (κ2) is 12.0. The number of ether oxygens (including phenoxy) is 1. The highest BCUT2D eigenvalue weighted by Gasteiger charge is 2.26. The van der Waals surface area contributed by atoms with Crippen molar-refractivity contribution in [2.75, 3.05) is 32.8 Å². The molecule has 0 radical (unpaired) electrons. The minimum absolute atomic E-state index is 0.106. The standard InChI is InChI=1S/C20H22Cl2N4O5S2/c1-12(27)26(33-20-24-17(11-32-20)19(30)23-7-18(28)29)10-14-9-25(4-5-31-14)8-13-2-3-15(21)16(22)6-13/h2-3,6,11,14H,4-5,7-10H2,1H3,(H,23,30)(H,28,29)/t14-/m0/s1. The van der Waals surface area contributed by atoms with Crippen molar-refractivity contribution in [1.82, 2.24) is 19.5 Å². The maximum Gasteiger partial charge on any atom is 0.322 e. The topological polar surface area (TPSA) is 112 Å². The maximum atomic E-state index is 12.2. The summed E-state index contributed by atoms with van der Waals surface area (Å²) in [5, 5.41) is 13.5. The van der Waals surface area contributed by atoms with Crippen molar-refractivity contribution in [3.05, 3.63) is 44.9 Å². The molecule has 1 saturated heterocycles. The highest BCUT2D eigenvalue weighted by atomic mass is 35.5. The van der Waals surface area contributed by atoms with Gasteiger partial charge < -0.3 is 15.2 Å². The quantitative estimate of drug-likeness (QED) is 0.474. The Balaban J connectivity index is 1.57. The molecule has 1 aromatic heterocycles. The van der Waals surface area contributed by atoms with E-state index in [0.717, 1.165) is 24.1 Å². The predicted molar refractivity (Wildman–Crippen MR) is 127 cm³/mol. The van der Waals surface area contributed by atoms with Gasteiger partial charge in [-0.1, -0.05) is 29.3 Å². The SMILES string of the molecule is CC(=O)N(C[C@@H]1CN(Cc2ccc(Cl)c(Cl)c2)CCO1)Sc1nc(C(=O)NCC(=O)O)cs1. The third-order valence-corrected chi connectivity index (χ3v) is 7.40. The summed E-state index contributed by atoms with van der Waals surface area (Å²) < 4.78 is 7.91. The second-order valence-corrected chi connectivity index (χ2v) is 10.2. The number of benzene rings is 1. The van der Waals surface area contributed by atoms with Gasteiger partial charge >= 0.3 is 5.97 Å². The molecule has 0 spiro atoms. The molecule has 0 aliphatic carbocycles. The number of halogens is 2. The van der Waals surface area contributed by atoms with E-state index in [0.29, 0.717) is 40.6 Å². The van der Waals surface area contributed by atoms with Gasteiger partial charge in [0.1, 0.15) is 12.2 Å². The van der Waals surface area contributed by atoms with Crippen LogP contribution in [0.25, 0.3) is 0 Å². The Morgan fingerprint density at radius 2 is 2.15 bits per heavy atom. The minimum atomic E-state index is -1.14. The summed E-state index contributed by atoms with van der Waals surface area (Å²) in [7, 11) is 0. The first kappa shape index (κ1) is 25.7. The molecule has 3 rings (SSSR count). The summed E-state index contributed by atoms with van der Waals surface area (Å²) in [4.78, 5) is 41.2. The number of hydrogen-bond acceptors (Lipinski definition) is 8. The second-order valence-electron chi connectivity index (χ2n) is 7.22. The molecule has 0 bridgehead atoms. The van der Waals surface area contributed by atoms with Crippen molar-refractivity contribution in [1.29, 1.82) is 0 Å². The Bertz CT molecular complexity index is 1020. The lowest BCUT2D eigenvalue weighted by Crippen LogP contribution is -2.46. The number of hydrogen-bond donors (Lipinski definition) is 2. The Morgan fingerprint density at radius 1 is 1.36 bits per heavy atom. The van der Waals surface area contributed by atoms with Crippen molar-refractivity contribution in [3.63, 3.8) is 0 Å². The van der Waals surface area contributed by atoms with Crippen molar-refractivity contribution < 1.29 is 24.2 Å². The van der Waals surface area contributed by atoms with Crippen LogP contribution in [0.15, 0.2) is 27.9 Å². The molecule has 2 amide bonds. The van der Waals surface area contributed by atoms with E-state index in [1.54, 1.807) is 10.4 Å². The number of thiazole rings is 1. The van der Waals surface area contributed by atoms with Crippen LogP contribution in [0.1, 0.15) is 23.0 Å². The largest absolute Gasteiger partial charge is 0.480 e. The van der Waals surface area contributed by atoms with E-state index in [-0.39, 0.29) is 17.7 Å². The molecule has 2 aromatic rings. The average molecular weight is 533 g/mol. The van der Waals surface area contributed by atoms with Gasteiger partial charge in [0.05, 0.1) is 29.3 Å². The lowest BCUT2D eigenvalue weighted by Gasteiger charge is -2.35. The number of carboxylic acids is 1. The number of nitrogens with one attached hydrogen (secondary N) is 1. The van der Waals surface area contributed by atoms with Gasteiger partial charge in [0.2, 0.25) is 5.91 Å². The molecule has 2 heterocycles. The molecule has 1 aliphatic heterocycles. The van der Waals surface area contributed by atoms with Crippen LogP contribution < -0.4 is 5.32 Å². The van der Waals surface area contributed by atoms with Gasteiger partial charge in [0.15, 0.2) is 4.34 Å². The summed E-state index contributed by atoms with van der Waals surface area (Å²) in [6.45, 7) is 3.92. The van der Waals surface area contributed by atoms with E-state index >= 15 is 0 Å². The lowest BCUT2D eigenvalue weighted by molar-refractivity contribution is -0.135. The van der Waals surface area contributed by atoms with Crippen molar-refractivity contribution >= 4 is 64.3 Å². The van der Waals surface area contributed by atoms with Crippen molar-refractivity contribution in [3.8, 4) is 0 Å². The average Bonchev–Trinajstić information content (AvgIpc) is 3.23. The number of morpholine rings is 1. The number of carbonyl (C=O) groups excluding carboxylic acids is 2. The van der Waals surface area contributed by atoms with E-state index in [4.69, 9.17) is 33.0 Å². The first-order valence-corrected chi connectivity index (χ1v) is 12.3. The maximum absolute atomic E-state index is 12.2. The number of carboxylic acid groups (broad SMARTS) is 1. The molecule has 1 aliphatic rings. The molecule has 0 saturated carbocycles. The van der Waals surface area contributed by atoms with E-state index in [1.165, 1.54) is 23.6 Å². The van der Waals surface area contributed by atoms with Crippen LogP contribution in [0.4, 0.5) is 0 Å². The Labute approximate surface area is 209 Å². The molecule has 33 heavy (non-hydrogen) atoms. The molecule has 1 fully saturated rings. The zero-order chi connectivity index (χ0) is 24.0. The van der Waals surface area contributed by atoms with Crippen LogP contribution >= 0.6 is 46.5 Å². The van der Waals surface area contributed by atoms with Crippen LogP contribution in [0, 0.1) is 0 Å². The zero-order valence-electron chi connectivity index (χ0n) is 17.6. The Hall–Kier alpha value is -1.89. The van der Waals surface area contributed by atoms with Gasteiger partial charge in [0, 0.05) is 43.9 Å². The van der Waals surface area contributed by atoms with Crippen LogP contribution in [-0.2, 0) is 20.9 Å². The summed E-state index contributed by atoms with van der Waals surface area (Å²) in [6.07, 6.45) is -0.198. The van der Waals surface area contributed by atoms with E-state index in [2.05, 4.69) is 15.2 Å². The fraction of sp³-hybridized carbons (Fsp3) is 0.400. The molecule has 9 nitrogen and oxygen atoms in total. The van der Waals surface area contributed by atoms with Gasteiger partial charge in [0.25, 0.3) is 5.91 Å². The summed E-state index contributed by atoms with van der Waals surface area (Å²) in [5.41, 5.74) is 1.15. The molecule has 1 aromatic carbocycles. The summed E-state index contributed by atoms with van der Waals surface area (Å²) in [6, 6.07) is 5.55. The van der Waals surface area contributed by atoms with Crippen molar-refractivity contribution in [2.24, 2.45) is 0 Å². The fourth-order valence-corrected chi connectivity index (χ4v) is 5.22. The third kappa shape index (κ3) is 7.83. The van der Waals surface area contributed by atoms with Gasteiger partial charge in [-0.2, -0.15) is 0 Å². The number of rotatable bonds is 9. The molecule has 1 atom stereocenters. The number of aromatic nitrogens is 1. The van der Waals surface area contributed by atoms with Gasteiger partial charge in [-0.15, -0.1) is 11.3 Å². The number of aliphatic carboxylic acids is 1. The smallest absolute Gasteiger partial charge is 0.322 e. The Kier molecular flexibility index (Phi) is 9.36. The van der Waals surface area contributed by atoms with Crippen LogP contribution in [0.2, 0.25) is 10.0 Å². The molecule has 178 valence electrons. The van der Waals surface area contributed by atoms with E-state index in [1.807, 2.05) is 12.1 Å². The summed E-state index contributed by atoms with van der Waals surface area (Å²) in [5.74, 6) is -1.89. The fourth-order valence-electron chi connectivity index (χ4n) is 3.09. The van der Waals surface area contributed by atoms with Crippen LogP contribution in [-0.4, -0.2) is 76.0 Å². The first-order valence-electron chi connectivity index (χ1n) is 9.90. The number of nitrogens with zero attached hydrogens (tertiary/aromatic N) is 3. The Morgan fingerprint density at radius 3 is 2.85 bits per heavy atom. The number of amides is 2. The highest BCUT2D eigenvalue weighted by molar-refractivity contribution is 7.99. The van der Waals surface area contributed by atoms with Crippen molar-refractivity contribution in [2.45, 2.75) is 23.9 Å². The zero-order valence-corrected chi connectivity index (χ0v) is 20.8. The van der Waals surface area contributed by atoms with E-state index in [9.17, 15) is 14.4 Å². The van der Waals surface area contributed by atoms with Gasteiger partial charge in [-0.25, -0.2) is 4.98 Å². The minimum Gasteiger partial charge on any atom is -0.480 e. The first-order chi connectivity index (χ1) is 15.7. The molecule has 13 heteroatoms. The summed E-state index contributed by atoms with van der Waals surface area (Å²) >= 11 is 14.4. The monoisotopic (exact) mass is 532 g/mol. The highest BCUT2D eigenvalue weighted by Crippen LogP contribution is 2.28. The molecular formula is C20H22Cl2N4O5S2. The lowest BCUT2D eigenvalue weighted by atomic mass is 10.2. The predicted octanol–water partition coefficient (Wildman–Crippen LogP) is 3.02. The molecular weight excluding hydrogens is 511 g/mol. The molecule has 2 N–H and O–H groups in total. The normalized spacial score (nSPS) is 16.4.